The van der Waals surface area contributed by atoms with Crippen molar-refractivity contribution in [3.05, 3.63) is 17.8 Å². The predicted octanol–water partition coefficient (Wildman–Crippen LogP) is 6.33. The number of hydrogen-bond donors (Lipinski definition) is 3. The van der Waals surface area contributed by atoms with E-state index in [0.29, 0.717) is 18.3 Å². The van der Waals surface area contributed by atoms with Gasteiger partial charge in [-0.1, -0.05) is 53.9 Å². The number of rotatable bonds is 7. The Morgan fingerprint density at radius 2 is 1.84 bits per heavy atom. The van der Waals surface area contributed by atoms with Crippen molar-refractivity contribution in [1.29, 1.82) is 0 Å². The lowest BCUT2D eigenvalue weighted by molar-refractivity contribution is -0.124. The topological polar surface area (TPSA) is 66.0 Å². The van der Waals surface area contributed by atoms with Crippen LogP contribution in [0.4, 0.5) is 11.5 Å². The Bertz CT molecular complexity index is 761. The number of amides is 1. The first-order valence-electron chi connectivity index (χ1n) is 12.8. The van der Waals surface area contributed by atoms with Crippen molar-refractivity contribution in [2.45, 2.75) is 104 Å². The summed E-state index contributed by atoms with van der Waals surface area (Å²) in [6, 6.07) is 4.54. The summed E-state index contributed by atoms with van der Waals surface area (Å²) < 4.78 is 0. The van der Waals surface area contributed by atoms with Crippen LogP contribution >= 0.6 is 0 Å². The van der Waals surface area contributed by atoms with Crippen molar-refractivity contribution in [2.24, 2.45) is 16.7 Å². The minimum Gasteiger partial charge on any atom is -0.382 e. The van der Waals surface area contributed by atoms with Gasteiger partial charge < -0.3 is 16.0 Å². The molecule has 1 amide bonds. The number of hydrogen-bond acceptors (Lipinski definition) is 4. The highest BCUT2D eigenvalue weighted by Gasteiger charge is 2.38. The molecule has 2 aliphatic carbocycles. The Balaban J connectivity index is 1.65. The van der Waals surface area contributed by atoms with Gasteiger partial charge in [0.2, 0.25) is 5.91 Å². The number of carbonyl (C=O) groups is 1. The van der Waals surface area contributed by atoms with Crippen LogP contribution in [0.3, 0.4) is 0 Å². The van der Waals surface area contributed by atoms with Gasteiger partial charge in [0.15, 0.2) is 0 Å². The third-order valence-corrected chi connectivity index (χ3v) is 7.52. The van der Waals surface area contributed by atoms with Crippen LogP contribution in [0, 0.1) is 16.7 Å². The SMILES string of the molecule is CNc1nc(C2CCC(C)(C)C(NC(=O)CC3CCCCC3)C2)ccc1NCC(C)(C)C. The first-order chi connectivity index (χ1) is 15.1. The third-order valence-electron chi connectivity index (χ3n) is 7.52. The zero-order valence-electron chi connectivity index (χ0n) is 21.3. The second-order valence-electron chi connectivity index (χ2n) is 12.1. The highest BCUT2D eigenvalue weighted by molar-refractivity contribution is 5.76. The summed E-state index contributed by atoms with van der Waals surface area (Å²) in [6.07, 6.45) is 10.2. The van der Waals surface area contributed by atoms with Gasteiger partial charge >= 0.3 is 0 Å². The molecule has 2 atom stereocenters. The van der Waals surface area contributed by atoms with Gasteiger partial charge in [0.25, 0.3) is 0 Å². The smallest absolute Gasteiger partial charge is 0.220 e. The fraction of sp³-hybridized carbons (Fsp3) is 0.778. The fourth-order valence-electron chi connectivity index (χ4n) is 5.27. The number of pyridine rings is 1. The molecule has 0 spiro atoms. The van der Waals surface area contributed by atoms with Crippen molar-refractivity contribution < 1.29 is 4.79 Å². The van der Waals surface area contributed by atoms with Crippen LogP contribution < -0.4 is 16.0 Å². The molecule has 2 aliphatic rings. The minimum absolute atomic E-state index is 0.124. The fourth-order valence-corrected chi connectivity index (χ4v) is 5.27. The third kappa shape index (κ3) is 6.86. The second kappa shape index (κ2) is 10.4. The summed E-state index contributed by atoms with van der Waals surface area (Å²) in [4.78, 5) is 17.8. The van der Waals surface area contributed by atoms with Crippen LogP contribution in [-0.4, -0.2) is 30.5 Å². The molecule has 5 nitrogen and oxygen atoms in total. The Kier molecular flexibility index (Phi) is 8.11. The van der Waals surface area contributed by atoms with Gasteiger partial charge in [-0.15, -0.1) is 0 Å². The van der Waals surface area contributed by atoms with E-state index in [-0.39, 0.29) is 22.8 Å². The molecular weight excluding hydrogens is 396 g/mol. The molecule has 2 fully saturated rings. The molecule has 0 radical (unpaired) electrons. The van der Waals surface area contributed by atoms with E-state index in [0.717, 1.165) is 43.0 Å². The number of carbonyl (C=O) groups excluding carboxylic acids is 1. The van der Waals surface area contributed by atoms with Gasteiger partial charge in [-0.3, -0.25) is 4.79 Å². The quantitative estimate of drug-likeness (QED) is 0.461. The van der Waals surface area contributed by atoms with Crippen LogP contribution in [-0.2, 0) is 4.79 Å². The molecule has 1 heterocycles. The van der Waals surface area contributed by atoms with E-state index < -0.39 is 0 Å². The molecule has 5 heteroatoms. The second-order valence-corrected chi connectivity index (χ2v) is 12.1. The summed E-state index contributed by atoms with van der Waals surface area (Å²) in [5.74, 6) is 2.13. The average Bonchev–Trinajstić information content (AvgIpc) is 2.73. The van der Waals surface area contributed by atoms with Crippen LogP contribution in [0.25, 0.3) is 0 Å². The molecule has 0 saturated heterocycles. The van der Waals surface area contributed by atoms with Crippen molar-refractivity contribution in [1.82, 2.24) is 10.3 Å². The van der Waals surface area contributed by atoms with E-state index in [1.807, 2.05) is 7.05 Å². The Labute approximate surface area is 195 Å². The molecule has 2 saturated carbocycles. The summed E-state index contributed by atoms with van der Waals surface area (Å²) >= 11 is 0. The maximum atomic E-state index is 12.9. The Hall–Kier alpha value is -1.78. The van der Waals surface area contributed by atoms with Crippen LogP contribution in [0.5, 0.6) is 0 Å². The zero-order valence-corrected chi connectivity index (χ0v) is 21.3. The molecule has 2 unspecified atom stereocenters. The van der Waals surface area contributed by atoms with E-state index in [9.17, 15) is 4.79 Å². The number of nitrogens with zero attached hydrogens (tertiary/aromatic N) is 1. The number of aromatic nitrogens is 1. The summed E-state index contributed by atoms with van der Waals surface area (Å²) in [5, 5.41) is 10.3. The Morgan fingerprint density at radius 3 is 2.50 bits per heavy atom. The van der Waals surface area contributed by atoms with Crippen LogP contribution in [0.1, 0.15) is 104 Å². The van der Waals surface area contributed by atoms with Crippen LogP contribution in [0.15, 0.2) is 12.1 Å². The number of anilines is 2. The molecular formula is C27H46N4O. The maximum absolute atomic E-state index is 12.9. The van der Waals surface area contributed by atoms with Crippen molar-refractivity contribution in [2.75, 3.05) is 24.2 Å². The van der Waals surface area contributed by atoms with Gasteiger partial charge in [-0.2, -0.15) is 0 Å². The normalized spacial score (nSPS) is 24.1. The molecule has 32 heavy (non-hydrogen) atoms. The van der Waals surface area contributed by atoms with E-state index in [4.69, 9.17) is 4.98 Å². The highest BCUT2D eigenvalue weighted by Crippen LogP contribution is 2.43. The van der Waals surface area contributed by atoms with E-state index in [1.54, 1.807) is 0 Å². The molecule has 0 aromatic carbocycles. The first-order valence-corrected chi connectivity index (χ1v) is 12.8. The monoisotopic (exact) mass is 442 g/mol. The largest absolute Gasteiger partial charge is 0.382 e. The molecule has 180 valence electrons. The molecule has 3 rings (SSSR count). The lowest BCUT2D eigenvalue weighted by atomic mass is 9.68. The van der Waals surface area contributed by atoms with E-state index in [1.165, 1.54) is 32.1 Å². The highest BCUT2D eigenvalue weighted by atomic mass is 16.1. The first kappa shape index (κ1) is 24.9. The van der Waals surface area contributed by atoms with Gasteiger partial charge in [0.1, 0.15) is 5.82 Å². The molecule has 1 aromatic rings. The molecule has 0 aliphatic heterocycles. The lowest BCUT2D eigenvalue weighted by Gasteiger charge is -2.42. The molecule has 0 bridgehead atoms. The van der Waals surface area contributed by atoms with E-state index >= 15 is 0 Å². The summed E-state index contributed by atoms with van der Waals surface area (Å²) in [6.45, 7) is 12.2. The minimum atomic E-state index is 0.124. The lowest BCUT2D eigenvalue weighted by Crippen LogP contribution is -2.48. The van der Waals surface area contributed by atoms with Gasteiger partial charge in [0.05, 0.1) is 5.69 Å². The molecule has 3 N–H and O–H groups in total. The molecule has 1 aromatic heterocycles. The van der Waals surface area contributed by atoms with E-state index in [2.05, 4.69) is 62.7 Å². The number of nitrogens with one attached hydrogen (secondary N) is 3. The van der Waals surface area contributed by atoms with Gasteiger partial charge in [-0.05, 0) is 61.0 Å². The standard InChI is InChI=1S/C27H46N4O/c1-26(2,3)18-29-22-13-12-21(30-25(22)28-6)20-14-15-27(4,5)23(17-20)31-24(32)16-19-10-8-7-9-11-19/h12-13,19-20,23,29H,7-11,14-18H2,1-6H3,(H,28,30)(H,31,32). The maximum Gasteiger partial charge on any atom is 0.220 e. The predicted molar refractivity (Wildman–Crippen MR) is 135 cm³/mol. The van der Waals surface area contributed by atoms with Crippen molar-refractivity contribution in [3.8, 4) is 0 Å². The van der Waals surface area contributed by atoms with Crippen LogP contribution in [0.2, 0.25) is 0 Å². The summed E-state index contributed by atoms with van der Waals surface area (Å²) in [7, 11) is 1.94. The van der Waals surface area contributed by atoms with Gasteiger partial charge in [0, 0.05) is 37.7 Å². The zero-order chi connectivity index (χ0) is 23.4. The van der Waals surface area contributed by atoms with Gasteiger partial charge in [-0.25, -0.2) is 4.98 Å². The van der Waals surface area contributed by atoms with Crippen molar-refractivity contribution >= 4 is 17.4 Å². The van der Waals surface area contributed by atoms with Crippen molar-refractivity contribution in [3.63, 3.8) is 0 Å². The Morgan fingerprint density at radius 1 is 1.12 bits per heavy atom. The average molecular weight is 443 g/mol. The summed E-state index contributed by atoms with van der Waals surface area (Å²) in [5.41, 5.74) is 2.53.